The molecular formula is C8H13ClN2O. The summed E-state index contributed by atoms with van der Waals surface area (Å²) in [6, 6.07) is 1.89. The van der Waals surface area contributed by atoms with Gasteiger partial charge in [-0.2, -0.15) is 5.26 Å². The molecule has 0 spiro atoms. The van der Waals surface area contributed by atoms with Crippen LogP contribution < -0.4 is 5.32 Å². The van der Waals surface area contributed by atoms with Crippen LogP contribution in [0.5, 0.6) is 0 Å². The first-order valence-electron chi connectivity index (χ1n) is 3.85. The number of nitriles is 1. The van der Waals surface area contributed by atoms with E-state index in [2.05, 4.69) is 5.32 Å². The number of alkyl halides is 1. The van der Waals surface area contributed by atoms with Crippen LogP contribution in [0.3, 0.4) is 0 Å². The van der Waals surface area contributed by atoms with Gasteiger partial charge in [-0.3, -0.25) is 4.79 Å². The van der Waals surface area contributed by atoms with Gasteiger partial charge in [0, 0.05) is 17.8 Å². The maximum absolute atomic E-state index is 11.2. The average Bonchev–Trinajstić information content (AvgIpc) is 2.03. The number of hydrogen-bond donors (Lipinski definition) is 1. The van der Waals surface area contributed by atoms with Crippen molar-refractivity contribution >= 4 is 17.5 Å². The van der Waals surface area contributed by atoms with E-state index < -0.39 is 0 Å². The molecule has 0 rings (SSSR count). The Bertz CT molecular complexity index is 188. The van der Waals surface area contributed by atoms with Gasteiger partial charge in [-0.1, -0.05) is 6.92 Å². The highest BCUT2D eigenvalue weighted by molar-refractivity contribution is 6.19. The molecule has 0 aromatic rings. The van der Waals surface area contributed by atoms with Crippen LogP contribution in [0.25, 0.3) is 0 Å². The minimum atomic E-state index is -0.187. The number of amides is 1. The molecule has 2 atom stereocenters. The first-order valence-corrected chi connectivity index (χ1v) is 4.38. The molecule has 0 aromatic heterocycles. The van der Waals surface area contributed by atoms with Crippen molar-refractivity contribution < 1.29 is 4.79 Å². The third kappa shape index (κ3) is 4.20. The normalized spacial score (nSPS) is 14.5. The van der Waals surface area contributed by atoms with Crippen molar-refractivity contribution in [1.82, 2.24) is 5.32 Å². The molecule has 1 amide bonds. The van der Waals surface area contributed by atoms with Crippen LogP contribution in [-0.2, 0) is 4.79 Å². The number of halogens is 1. The van der Waals surface area contributed by atoms with Crippen molar-refractivity contribution in [2.45, 2.75) is 26.3 Å². The molecule has 0 aromatic carbocycles. The van der Waals surface area contributed by atoms with E-state index in [-0.39, 0.29) is 17.9 Å². The number of carbonyl (C=O) groups excluding carboxylic acids is 1. The Morgan fingerprint density at radius 3 is 2.67 bits per heavy atom. The molecule has 0 aliphatic heterocycles. The number of rotatable bonds is 4. The number of nitrogens with zero attached hydrogens (tertiary/aromatic N) is 1. The Hall–Kier alpha value is -0.750. The Balaban J connectivity index is 3.77. The standard InChI is InChI=1S/C8H13ClN2O/c1-6(5-9)8(12)11-7(2)3-4-10/h6-7H,3,5H2,1-2H3,(H,11,12). The lowest BCUT2D eigenvalue weighted by Crippen LogP contribution is -2.36. The molecule has 0 radical (unpaired) electrons. The van der Waals surface area contributed by atoms with Gasteiger partial charge in [0.15, 0.2) is 0 Å². The van der Waals surface area contributed by atoms with Gasteiger partial charge in [-0.25, -0.2) is 0 Å². The Morgan fingerprint density at radius 1 is 1.67 bits per heavy atom. The molecule has 2 unspecified atom stereocenters. The van der Waals surface area contributed by atoms with Crippen LogP contribution in [0, 0.1) is 17.2 Å². The summed E-state index contributed by atoms with van der Waals surface area (Å²) in [7, 11) is 0. The van der Waals surface area contributed by atoms with Crippen LogP contribution in [0.15, 0.2) is 0 Å². The molecule has 68 valence electrons. The van der Waals surface area contributed by atoms with E-state index in [9.17, 15) is 4.79 Å². The van der Waals surface area contributed by atoms with Gasteiger partial charge in [-0.05, 0) is 6.92 Å². The van der Waals surface area contributed by atoms with Gasteiger partial charge in [0.2, 0.25) is 5.91 Å². The Morgan fingerprint density at radius 2 is 2.25 bits per heavy atom. The Labute approximate surface area is 77.7 Å². The highest BCUT2D eigenvalue weighted by Crippen LogP contribution is 1.99. The van der Waals surface area contributed by atoms with E-state index in [4.69, 9.17) is 16.9 Å². The van der Waals surface area contributed by atoms with Gasteiger partial charge in [-0.15, -0.1) is 11.6 Å². The van der Waals surface area contributed by atoms with Crippen molar-refractivity contribution in [3.05, 3.63) is 0 Å². The summed E-state index contributed by atoms with van der Waals surface area (Å²) >= 11 is 5.48. The second-order valence-corrected chi connectivity index (χ2v) is 3.14. The number of carbonyl (C=O) groups is 1. The fraction of sp³-hybridized carbons (Fsp3) is 0.750. The molecule has 1 N–H and O–H groups in total. The molecule has 12 heavy (non-hydrogen) atoms. The lowest BCUT2D eigenvalue weighted by molar-refractivity contribution is -0.124. The van der Waals surface area contributed by atoms with E-state index in [0.717, 1.165) is 0 Å². The minimum absolute atomic E-state index is 0.0897. The molecule has 0 saturated carbocycles. The fourth-order valence-corrected chi connectivity index (χ4v) is 0.783. The first-order chi connectivity index (χ1) is 5.61. The zero-order valence-electron chi connectivity index (χ0n) is 7.30. The van der Waals surface area contributed by atoms with Crippen molar-refractivity contribution in [3.63, 3.8) is 0 Å². The van der Waals surface area contributed by atoms with Crippen LogP contribution in [0.1, 0.15) is 20.3 Å². The molecule has 0 fully saturated rings. The van der Waals surface area contributed by atoms with E-state index in [1.165, 1.54) is 0 Å². The summed E-state index contributed by atoms with van der Waals surface area (Å²) in [5.41, 5.74) is 0. The lowest BCUT2D eigenvalue weighted by atomic mass is 10.2. The smallest absolute Gasteiger partial charge is 0.224 e. The molecule has 0 bridgehead atoms. The molecule has 0 saturated heterocycles. The van der Waals surface area contributed by atoms with E-state index >= 15 is 0 Å². The first kappa shape index (κ1) is 11.2. The molecule has 3 nitrogen and oxygen atoms in total. The highest BCUT2D eigenvalue weighted by Gasteiger charge is 2.13. The molecule has 0 heterocycles. The van der Waals surface area contributed by atoms with Crippen LogP contribution in [0.4, 0.5) is 0 Å². The van der Waals surface area contributed by atoms with Gasteiger partial charge < -0.3 is 5.32 Å². The summed E-state index contributed by atoms with van der Waals surface area (Å²) < 4.78 is 0. The second-order valence-electron chi connectivity index (χ2n) is 2.83. The monoisotopic (exact) mass is 188 g/mol. The molecular weight excluding hydrogens is 176 g/mol. The van der Waals surface area contributed by atoms with Crippen molar-refractivity contribution in [2.75, 3.05) is 5.88 Å². The molecule has 0 aliphatic carbocycles. The third-order valence-electron chi connectivity index (χ3n) is 1.47. The predicted molar refractivity (Wildman–Crippen MR) is 47.7 cm³/mol. The Kier molecular flexibility index (Phi) is 5.48. The van der Waals surface area contributed by atoms with Crippen LogP contribution >= 0.6 is 11.6 Å². The van der Waals surface area contributed by atoms with E-state index in [1.54, 1.807) is 13.8 Å². The fourth-order valence-electron chi connectivity index (χ4n) is 0.643. The largest absolute Gasteiger partial charge is 0.352 e. The van der Waals surface area contributed by atoms with Gasteiger partial charge in [0.05, 0.1) is 12.5 Å². The van der Waals surface area contributed by atoms with Crippen LogP contribution in [0.2, 0.25) is 0 Å². The zero-order valence-corrected chi connectivity index (χ0v) is 8.06. The SMILES string of the molecule is CC(CC#N)NC(=O)C(C)CCl. The van der Waals surface area contributed by atoms with E-state index in [0.29, 0.717) is 12.3 Å². The lowest BCUT2D eigenvalue weighted by Gasteiger charge is -2.13. The summed E-state index contributed by atoms with van der Waals surface area (Å²) in [5, 5.41) is 11.0. The predicted octanol–water partition coefficient (Wildman–Crippen LogP) is 1.28. The third-order valence-corrected chi connectivity index (χ3v) is 1.93. The summed E-state index contributed by atoms with van der Waals surface area (Å²) in [5.74, 6) is 0.0334. The maximum atomic E-state index is 11.2. The van der Waals surface area contributed by atoms with Gasteiger partial charge in [0.1, 0.15) is 0 Å². The summed E-state index contributed by atoms with van der Waals surface area (Å²) in [6.45, 7) is 3.55. The van der Waals surface area contributed by atoms with E-state index in [1.807, 2.05) is 6.07 Å². The summed E-state index contributed by atoms with van der Waals surface area (Å²) in [4.78, 5) is 11.2. The van der Waals surface area contributed by atoms with Gasteiger partial charge in [0.25, 0.3) is 0 Å². The van der Waals surface area contributed by atoms with Crippen molar-refractivity contribution in [3.8, 4) is 6.07 Å². The number of hydrogen-bond acceptors (Lipinski definition) is 2. The number of nitrogens with one attached hydrogen (secondary N) is 1. The molecule has 4 heteroatoms. The molecule has 0 aliphatic rings. The van der Waals surface area contributed by atoms with Crippen molar-refractivity contribution in [2.24, 2.45) is 5.92 Å². The summed E-state index contributed by atoms with van der Waals surface area (Å²) in [6.07, 6.45) is 0.334. The maximum Gasteiger partial charge on any atom is 0.224 e. The average molecular weight is 189 g/mol. The minimum Gasteiger partial charge on any atom is -0.352 e. The second kappa shape index (κ2) is 5.84. The zero-order chi connectivity index (χ0) is 9.56. The van der Waals surface area contributed by atoms with Crippen molar-refractivity contribution in [1.29, 1.82) is 5.26 Å². The topological polar surface area (TPSA) is 52.9 Å². The van der Waals surface area contributed by atoms with Crippen LogP contribution in [-0.4, -0.2) is 17.8 Å². The highest BCUT2D eigenvalue weighted by atomic mass is 35.5. The van der Waals surface area contributed by atoms with Gasteiger partial charge >= 0.3 is 0 Å². The quantitative estimate of drug-likeness (QED) is 0.676.